The summed E-state index contributed by atoms with van der Waals surface area (Å²) in [5, 5.41) is 9.15. The van der Waals surface area contributed by atoms with E-state index in [2.05, 4.69) is 18.2 Å². The Labute approximate surface area is 84.1 Å². The first-order chi connectivity index (χ1) is 6.85. The molecule has 72 valence electrons. The second-order valence-corrected chi connectivity index (χ2v) is 3.86. The number of hydrogen-bond donors (Lipinski definition) is 0. The van der Waals surface area contributed by atoms with Gasteiger partial charge in [-0.15, -0.1) is 0 Å². The predicted octanol–water partition coefficient (Wildman–Crippen LogP) is 2.16. The summed E-state index contributed by atoms with van der Waals surface area (Å²) in [5.74, 6) is 0. The van der Waals surface area contributed by atoms with E-state index in [0.29, 0.717) is 6.61 Å². The van der Waals surface area contributed by atoms with Crippen molar-refractivity contribution in [2.24, 2.45) is 5.41 Å². The normalized spacial score (nSPS) is 25.9. The van der Waals surface area contributed by atoms with Gasteiger partial charge in [-0.05, 0) is 18.4 Å². The molecule has 1 aliphatic rings. The number of hydrogen-bond acceptors (Lipinski definition) is 2. The van der Waals surface area contributed by atoms with Crippen molar-refractivity contribution >= 4 is 0 Å². The van der Waals surface area contributed by atoms with E-state index in [9.17, 15) is 0 Å². The van der Waals surface area contributed by atoms with Crippen LogP contribution >= 0.6 is 0 Å². The molecule has 0 N–H and O–H groups in total. The highest BCUT2D eigenvalue weighted by molar-refractivity contribution is 5.20. The summed E-state index contributed by atoms with van der Waals surface area (Å²) in [6.07, 6.45) is 1.67. The summed E-state index contributed by atoms with van der Waals surface area (Å²) in [6, 6.07) is 12.5. The number of rotatable bonds is 2. The van der Waals surface area contributed by atoms with Crippen LogP contribution in [-0.4, -0.2) is 13.2 Å². The average Bonchev–Trinajstić information content (AvgIpc) is 2.69. The lowest BCUT2D eigenvalue weighted by Crippen LogP contribution is -2.21. The Kier molecular flexibility index (Phi) is 2.51. The minimum Gasteiger partial charge on any atom is -0.380 e. The first kappa shape index (κ1) is 9.23. The molecule has 1 atom stereocenters. The van der Waals surface area contributed by atoms with Crippen LogP contribution < -0.4 is 0 Å². The standard InChI is InChI=1S/C12H13NO/c13-9-12(6-7-14-10-12)8-11-4-2-1-3-5-11/h1-5H,6-8,10H2. The maximum Gasteiger partial charge on any atom is 0.0868 e. The Bertz CT molecular complexity index is 333. The molecule has 1 aromatic carbocycles. The molecular formula is C12H13NO. The second-order valence-electron chi connectivity index (χ2n) is 3.86. The number of nitrogens with zero attached hydrogens (tertiary/aromatic N) is 1. The zero-order chi connectivity index (χ0) is 9.86. The molecule has 1 unspecified atom stereocenters. The quantitative estimate of drug-likeness (QED) is 0.710. The Morgan fingerprint density at radius 2 is 2.14 bits per heavy atom. The lowest BCUT2D eigenvalue weighted by atomic mass is 9.82. The van der Waals surface area contributed by atoms with Crippen molar-refractivity contribution in [2.75, 3.05) is 13.2 Å². The van der Waals surface area contributed by atoms with E-state index in [1.54, 1.807) is 0 Å². The van der Waals surface area contributed by atoms with Crippen LogP contribution in [0.2, 0.25) is 0 Å². The van der Waals surface area contributed by atoms with Crippen LogP contribution in [0.15, 0.2) is 30.3 Å². The smallest absolute Gasteiger partial charge is 0.0868 e. The number of nitriles is 1. The molecule has 0 bridgehead atoms. The molecular weight excluding hydrogens is 174 g/mol. The molecule has 1 heterocycles. The number of benzene rings is 1. The van der Waals surface area contributed by atoms with E-state index >= 15 is 0 Å². The third-order valence-electron chi connectivity index (χ3n) is 2.73. The maximum absolute atomic E-state index is 9.15. The van der Waals surface area contributed by atoms with Crippen LogP contribution in [0.5, 0.6) is 0 Å². The van der Waals surface area contributed by atoms with Crippen molar-refractivity contribution in [3.8, 4) is 6.07 Å². The van der Waals surface area contributed by atoms with Crippen molar-refractivity contribution in [3.05, 3.63) is 35.9 Å². The molecule has 14 heavy (non-hydrogen) atoms. The van der Waals surface area contributed by atoms with E-state index in [4.69, 9.17) is 10.00 Å². The molecule has 0 spiro atoms. The van der Waals surface area contributed by atoms with Gasteiger partial charge < -0.3 is 4.74 Å². The summed E-state index contributed by atoms with van der Waals surface area (Å²) >= 11 is 0. The average molecular weight is 187 g/mol. The molecule has 0 aliphatic carbocycles. The maximum atomic E-state index is 9.15. The fourth-order valence-corrected chi connectivity index (χ4v) is 1.86. The summed E-state index contributed by atoms with van der Waals surface area (Å²) < 4.78 is 5.30. The van der Waals surface area contributed by atoms with Gasteiger partial charge in [0.25, 0.3) is 0 Å². The monoisotopic (exact) mass is 187 g/mol. The van der Waals surface area contributed by atoms with Gasteiger partial charge in [0.2, 0.25) is 0 Å². The van der Waals surface area contributed by atoms with Crippen molar-refractivity contribution in [3.63, 3.8) is 0 Å². The summed E-state index contributed by atoms with van der Waals surface area (Å²) in [5.41, 5.74) is 0.945. The van der Waals surface area contributed by atoms with Crippen LogP contribution in [0.4, 0.5) is 0 Å². The molecule has 1 saturated heterocycles. The van der Waals surface area contributed by atoms with Crippen molar-refractivity contribution in [1.82, 2.24) is 0 Å². The highest BCUT2D eigenvalue weighted by atomic mass is 16.5. The molecule has 2 nitrogen and oxygen atoms in total. The summed E-state index contributed by atoms with van der Waals surface area (Å²) in [7, 11) is 0. The molecule has 1 fully saturated rings. The highest BCUT2D eigenvalue weighted by Gasteiger charge is 2.34. The zero-order valence-corrected chi connectivity index (χ0v) is 8.07. The van der Waals surface area contributed by atoms with E-state index in [1.807, 2.05) is 18.2 Å². The SMILES string of the molecule is N#CC1(Cc2ccccc2)CCOC1. The largest absolute Gasteiger partial charge is 0.380 e. The Morgan fingerprint density at radius 1 is 1.36 bits per heavy atom. The van der Waals surface area contributed by atoms with Gasteiger partial charge in [0.1, 0.15) is 0 Å². The Morgan fingerprint density at radius 3 is 2.71 bits per heavy atom. The minimum atomic E-state index is -0.276. The molecule has 0 amide bonds. The summed E-state index contributed by atoms with van der Waals surface area (Å²) in [6.45, 7) is 1.30. The van der Waals surface area contributed by atoms with Crippen LogP contribution in [0, 0.1) is 16.7 Å². The fraction of sp³-hybridized carbons (Fsp3) is 0.417. The van der Waals surface area contributed by atoms with Gasteiger partial charge in [0.05, 0.1) is 18.1 Å². The highest BCUT2D eigenvalue weighted by Crippen LogP contribution is 2.31. The van der Waals surface area contributed by atoms with Gasteiger partial charge in [-0.25, -0.2) is 0 Å². The van der Waals surface area contributed by atoms with Crippen LogP contribution in [0.25, 0.3) is 0 Å². The fourth-order valence-electron chi connectivity index (χ4n) is 1.86. The lowest BCUT2D eigenvalue weighted by molar-refractivity contribution is 0.171. The third-order valence-corrected chi connectivity index (χ3v) is 2.73. The van der Waals surface area contributed by atoms with Gasteiger partial charge in [0, 0.05) is 6.61 Å². The molecule has 0 aromatic heterocycles. The second kappa shape index (κ2) is 3.81. The topological polar surface area (TPSA) is 33.0 Å². The van der Waals surface area contributed by atoms with Gasteiger partial charge >= 0.3 is 0 Å². The molecule has 0 radical (unpaired) electrons. The molecule has 2 rings (SSSR count). The van der Waals surface area contributed by atoms with E-state index in [-0.39, 0.29) is 5.41 Å². The molecule has 1 aliphatic heterocycles. The van der Waals surface area contributed by atoms with E-state index in [1.165, 1.54) is 5.56 Å². The molecule has 0 saturated carbocycles. The molecule has 2 heteroatoms. The first-order valence-corrected chi connectivity index (χ1v) is 4.88. The van der Waals surface area contributed by atoms with Crippen LogP contribution in [0.1, 0.15) is 12.0 Å². The van der Waals surface area contributed by atoms with Gasteiger partial charge in [-0.1, -0.05) is 30.3 Å². The van der Waals surface area contributed by atoms with Gasteiger partial charge in [-0.2, -0.15) is 5.26 Å². The summed E-state index contributed by atoms with van der Waals surface area (Å²) in [4.78, 5) is 0. The predicted molar refractivity (Wildman–Crippen MR) is 53.6 cm³/mol. The lowest BCUT2D eigenvalue weighted by Gasteiger charge is -2.17. The van der Waals surface area contributed by atoms with Crippen molar-refractivity contribution in [2.45, 2.75) is 12.8 Å². The Balaban J connectivity index is 2.13. The van der Waals surface area contributed by atoms with Gasteiger partial charge in [-0.3, -0.25) is 0 Å². The number of ether oxygens (including phenoxy) is 1. The van der Waals surface area contributed by atoms with Crippen molar-refractivity contribution < 1.29 is 4.74 Å². The van der Waals surface area contributed by atoms with Crippen LogP contribution in [-0.2, 0) is 11.2 Å². The van der Waals surface area contributed by atoms with E-state index < -0.39 is 0 Å². The third kappa shape index (κ3) is 1.78. The zero-order valence-electron chi connectivity index (χ0n) is 8.07. The van der Waals surface area contributed by atoms with Crippen LogP contribution in [0.3, 0.4) is 0 Å². The van der Waals surface area contributed by atoms with Gasteiger partial charge in [0.15, 0.2) is 0 Å². The van der Waals surface area contributed by atoms with E-state index in [0.717, 1.165) is 19.4 Å². The minimum absolute atomic E-state index is 0.276. The first-order valence-electron chi connectivity index (χ1n) is 4.88. The molecule has 1 aromatic rings. The Hall–Kier alpha value is -1.33. The van der Waals surface area contributed by atoms with Crippen molar-refractivity contribution in [1.29, 1.82) is 5.26 Å².